The molecule has 0 unspecified atom stereocenters. The minimum atomic E-state index is -2.30. The van der Waals surface area contributed by atoms with Crippen molar-refractivity contribution in [3.8, 4) is 28.3 Å². The van der Waals surface area contributed by atoms with Gasteiger partial charge in [-0.3, -0.25) is 4.90 Å². The van der Waals surface area contributed by atoms with Crippen molar-refractivity contribution in [2.45, 2.75) is 121 Å². The van der Waals surface area contributed by atoms with Crippen LogP contribution in [0.2, 0.25) is 16.6 Å². The van der Waals surface area contributed by atoms with Gasteiger partial charge in [0.15, 0.2) is 22.5 Å². The van der Waals surface area contributed by atoms with Gasteiger partial charge in [-0.15, -0.1) is 5.54 Å². The number of nitrogens with zero attached hydrogens (tertiary/aromatic N) is 4. The van der Waals surface area contributed by atoms with E-state index in [-0.39, 0.29) is 52.0 Å². The Morgan fingerprint density at radius 3 is 2.31 bits per heavy atom. The quantitative estimate of drug-likeness (QED) is 0.0866. The highest BCUT2D eigenvalue weighted by molar-refractivity contribution is 7.98. The molecule has 4 aromatic rings. The second-order valence-electron chi connectivity index (χ2n) is 16.8. The molecular weight excluding hydrogens is 726 g/mol. The van der Waals surface area contributed by atoms with Gasteiger partial charge in [0.1, 0.15) is 37.4 Å². The van der Waals surface area contributed by atoms with E-state index in [0.29, 0.717) is 51.3 Å². The van der Waals surface area contributed by atoms with Crippen LogP contribution in [-0.4, -0.2) is 72.2 Å². The fourth-order valence-corrected chi connectivity index (χ4v) is 15.0. The predicted molar refractivity (Wildman–Crippen MR) is 214 cm³/mol. The van der Waals surface area contributed by atoms with Crippen molar-refractivity contribution in [2.24, 2.45) is 0 Å². The fourth-order valence-electron chi connectivity index (χ4n) is 9.45. The first-order chi connectivity index (χ1) is 25.5. The van der Waals surface area contributed by atoms with Crippen molar-refractivity contribution in [3.63, 3.8) is 0 Å². The van der Waals surface area contributed by atoms with Crippen molar-refractivity contribution in [3.05, 3.63) is 53.3 Å². The number of halogens is 3. The Labute approximate surface area is 321 Å². The van der Waals surface area contributed by atoms with Gasteiger partial charge in [-0.25, -0.2) is 27.9 Å². The fraction of sp³-hybridized carbons (Fsp3) is 0.500. The molecule has 54 heavy (non-hydrogen) atoms. The number of hydrogen-bond donors (Lipinski definition) is 0. The number of thioether (sulfide) groups is 1. The van der Waals surface area contributed by atoms with Crippen molar-refractivity contribution in [1.82, 2.24) is 14.9 Å². The number of rotatable bonds is 5. The molecule has 7 rings (SSSR count). The SMILES string of the molecule is CSc1nc2c3c(c(F)c(-c4cccc5ccc(F)c(C#C[Si](C(C)C)(C(C)C)C(C)C)c45)c(F)c3n1)OC[C@@H]1[C@@H]3CC[C@H](CN21)N3C(=O)OC(C)(C)C. The number of benzene rings is 3. The second kappa shape index (κ2) is 14.0. The molecule has 2 bridgehead atoms. The number of carbonyl (C=O) groups excluding carboxylic acids is 1. The first-order valence-electron chi connectivity index (χ1n) is 18.9. The van der Waals surface area contributed by atoms with Gasteiger partial charge in [0.2, 0.25) is 0 Å². The first-order valence-corrected chi connectivity index (χ1v) is 22.4. The van der Waals surface area contributed by atoms with E-state index in [2.05, 4.69) is 58.0 Å². The van der Waals surface area contributed by atoms with Gasteiger partial charge in [-0.2, -0.15) is 0 Å². The molecule has 2 saturated heterocycles. The summed E-state index contributed by atoms with van der Waals surface area (Å²) in [6.07, 6.45) is 2.87. The molecule has 0 aliphatic carbocycles. The lowest BCUT2D eigenvalue weighted by Crippen LogP contribution is -2.63. The van der Waals surface area contributed by atoms with Crippen LogP contribution in [0.5, 0.6) is 5.75 Å². The highest BCUT2D eigenvalue weighted by atomic mass is 32.2. The number of fused-ring (bicyclic) bond motifs is 6. The molecule has 7 nitrogen and oxygen atoms in total. The highest BCUT2D eigenvalue weighted by Crippen LogP contribution is 2.49. The summed E-state index contributed by atoms with van der Waals surface area (Å²) in [6, 6.07) is 7.26. The summed E-state index contributed by atoms with van der Waals surface area (Å²) in [5.41, 5.74) is 3.71. The number of amides is 1. The average molecular weight is 775 g/mol. The van der Waals surface area contributed by atoms with Gasteiger partial charge < -0.3 is 14.4 Å². The van der Waals surface area contributed by atoms with Crippen LogP contribution in [0, 0.1) is 28.9 Å². The number of aromatic nitrogens is 2. The number of piperazine rings is 1. The molecule has 3 aliphatic heterocycles. The summed E-state index contributed by atoms with van der Waals surface area (Å²) >= 11 is 1.26. The maximum Gasteiger partial charge on any atom is 0.410 e. The molecule has 286 valence electrons. The van der Waals surface area contributed by atoms with E-state index in [1.165, 1.54) is 17.8 Å². The molecule has 3 aliphatic rings. The van der Waals surface area contributed by atoms with Crippen LogP contribution in [0.1, 0.15) is 80.7 Å². The predicted octanol–water partition coefficient (Wildman–Crippen LogP) is 10.5. The lowest BCUT2D eigenvalue weighted by atomic mass is 9.92. The maximum absolute atomic E-state index is 17.4. The van der Waals surface area contributed by atoms with E-state index >= 15 is 13.2 Å². The Kier molecular flexibility index (Phi) is 9.91. The Bertz CT molecular complexity index is 2210. The third kappa shape index (κ3) is 6.10. The Balaban J connectivity index is 1.44. The molecule has 0 N–H and O–H groups in total. The van der Waals surface area contributed by atoms with Crippen LogP contribution in [0.4, 0.5) is 23.8 Å². The Morgan fingerprint density at radius 2 is 1.67 bits per heavy atom. The number of hydrogen-bond acceptors (Lipinski definition) is 7. The van der Waals surface area contributed by atoms with Crippen LogP contribution in [0.25, 0.3) is 32.8 Å². The van der Waals surface area contributed by atoms with Crippen LogP contribution in [0.3, 0.4) is 0 Å². The largest absolute Gasteiger partial charge is 0.487 e. The average Bonchev–Trinajstić information content (AvgIpc) is 3.33. The standard InChI is InChI=1S/C42H49F3N4O3SSi/c1-22(2)54(23(3)4,24(5)6)19-18-27-29(43)16-14-25-12-11-13-28(32(25)27)33-35(44)37-34-38(36(33)45)51-21-31-30-17-15-26(49(30)41(50)52-42(7,8)9)20-48(31)39(34)47-40(46-37)53-10/h11-14,16,22-24,26,30-31H,15,17,20-21H2,1-10H3/t26-,30+,31-/m1/s1. The van der Waals surface area contributed by atoms with Gasteiger partial charge in [0.25, 0.3) is 0 Å². The molecule has 0 radical (unpaired) electrons. The van der Waals surface area contributed by atoms with E-state index < -0.39 is 43.3 Å². The molecule has 3 aromatic carbocycles. The van der Waals surface area contributed by atoms with E-state index in [1.807, 2.05) is 25.7 Å². The topological polar surface area (TPSA) is 67.8 Å². The minimum Gasteiger partial charge on any atom is -0.487 e. The summed E-state index contributed by atoms with van der Waals surface area (Å²) in [7, 11) is -2.30. The van der Waals surface area contributed by atoms with Crippen LogP contribution < -0.4 is 9.64 Å². The maximum atomic E-state index is 17.4. The lowest BCUT2D eigenvalue weighted by molar-refractivity contribution is 0.00538. The van der Waals surface area contributed by atoms with Crippen molar-refractivity contribution in [2.75, 3.05) is 24.3 Å². The first kappa shape index (κ1) is 38.3. The summed E-state index contributed by atoms with van der Waals surface area (Å²) in [5.74, 6) is 1.13. The van der Waals surface area contributed by atoms with E-state index in [1.54, 1.807) is 35.4 Å². The molecule has 1 aromatic heterocycles. The lowest BCUT2D eigenvalue weighted by Gasteiger charge is -2.46. The van der Waals surface area contributed by atoms with E-state index in [9.17, 15) is 4.79 Å². The molecule has 2 fully saturated rings. The van der Waals surface area contributed by atoms with Gasteiger partial charge in [-0.05, 0) is 73.5 Å². The zero-order valence-corrected chi connectivity index (χ0v) is 34.6. The second-order valence-corrected chi connectivity index (χ2v) is 23.1. The van der Waals surface area contributed by atoms with Crippen LogP contribution in [0.15, 0.2) is 35.5 Å². The van der Waals surface area contributed by atoms with Crippen molar-refractivity contribution < 1.29 is 27.4 Å². The smallest absolute Gasteiger partial charge is 0.410 e. The molecule has 12 heteroatoms. The molecule has 0 saturated carbocycles. The van der Waals surface area contributed by atoms with E-state index in [0.717, 1.165) is 6.42 Å². The van der Waals surface area contributed by atoms with Crippen LogP contribution in [-0.2, 0) is 4.74 Å². The zero-order chi connectivity index (χ0) is 39.0. The van der Waals surface area contributed by atoms with Crippen LogP contribution >= 0.6 is 11.8 Å². The molecule has 4 heterocycles. The molecule has 1 amide bonds. The molecule has 3 atom stereocenters. The third-order valence-corrected chi connectivity index (χ3v) is 18.6. The normalized spacial score (nSPS) is 19.7. The van der Waals surface area contributed by atoms with Crippen molar-refractivity contribution in [1.29, 1.82) is 0 Å². The summed E-state index contributed by atoms with van der Waals surface area (Å²) in [4.78, 5) is 26.8. The Morgan fingerprint density at radius 1 is 0.963 bits per heavy atom. The van der Waals surface area contributed by atoms with E-state index in [4.69, 9.17) is 14.5 Å². The minimum absolute atomic E-state index is 0.0198. The highest BCUT2D eigenvalue weighted by Gasteiger charge is 2.52. The van der Waals surface area contributed by atoms with Gasteiger partial charge >= 0.3 is 6.09 Å². The molecular formula is C42H49F3N4O3SSi. The van der Waals surface area contributed by atoms with Crippen molar-refractivity contribution >= 4 is 53.4 Å². The zero-order valence-electron chi connectivity index (χ0n) is 32.7. The number of carbonyl (C=O) groups is 1. The van der Waals surface area contributed by atoms with Gasteiger partial charge in [0.05, 0.1) is 34.6 Å². The van der Waals surface area contributed by atoms with Gasteiger partial charge in [-0.1, -0.05) is 83.5 Å². The number of ether oxygens (including phenoxy) is 2. The summed E-state index contributed by atoms with van der Waals surface area (Å²) in [5, 5.41) is 1.41. The molecule has 0 spiro atoms. The van der Waals surface area contributed by atoms with Gasteiger partial charge in [0, 0.05) is 11.9 Å². The summed E-state index contributed by atoms with van der Waals surface area (Å²) < 4.78 is 63.0. The Hall–Kier alpha value is -3.95. The summed E-state index contributed by atoms with van der Waals surface area (Å²) in [6.45, 7) is 19.0. The monoisotopic (exact) mass is 774 g/mol. The number of anilines is 1. The third-order valence-electron chi connectivity index (χ3n) is 11.7.